The number of rotatable bonds is 4. The lowest BCUT2D eigenvalue weighted by Crippen LogP contribution is -2.53. The van der Waals surface area contributed by atoms with Crippen molar-refractivity contribution >= 4 is 0 Å². The van der Waals surface area contributed by atoms with Crippen LogP contribution in [0.2, 0.25) is 0 Å². The van der Waals surface area contributed by atoms with Crippen LogP contribution in [-0.2, 0) is 4.74 Å². The van der Waals surface area contributed by atoms with E-state index in [4.69, 9.17) is 4.74 Å². The highest BCUT2D eigenvalue weighted by atomic mass is 16.5. The van der Waals surface area contributed by atoms with Crippen LogP contribution >= 0.6 is 0 Å². The molecular weight excluding hydrogens is 242 g/mol. The number of aliphatic hydroxyl groups excluding tert-OH is 1. The van der Waals surface area contributed by atoms with E-state index in [9.17, 15) is 5.11 Å². The van der Waals surface area contributed by atoms with E-state index in [1.807, 2.05) is 0 Å². The van der Waals surface area contributed by atoms with Gasteiger partial charge in [-0.25, -0.2) is 0 Å². The maximum Gasteiger partial charge on any atom is 0.0641 e. The average molecular weight is 265 g/mol. The third-order valence-electron chi connectivity index (χ3n) is 4.57. The summed E-state index contributed by atoms with van der Waals surface area (Å²) in [6.07, 6.45) is 2.40. The van der Waals surface area contributed by atoms with Crippen molar-refractivity contribution in [2.75, 3.05) is 32.9 Å². The highest BCUT2D eigenvalue weighted by molar-refractivity contribution is 5.28. The molecular formula is C14H23N3O2. The zero-order chi connectivity index (χ0) is 13.5. The second kappa shape index (κ2) is 4.89. The Morgan fingerprint density at radius 1 is 1.47 bits per heavy atom. The van der Waals surface area contributed by atoms with Gasteiger partial charge in [0.15, 0.2) is 0 Å². The molecule has 0 amide bonds. The number of likely N-dealkylation sites (tertiary alicyclic amines) is 1. The number of aryl methyl sites for hydroxylation is 2. The Morgan fingerprint density at radius 2 is 2.26 bits per heavy atom. The number of ether oxygens (including phenoxy) is 1. The largest absolute Gasteiger partial charge is 0.396 e. The average Bonchev–Trinajstić information content (AvgIpc) is 2.91. The number of hydrogen-bond donors (Lipinski definition) is 2. The van der Waals surface area contributed by atoms with Gasteiger partial charge in [0, 0.05) is 23.8 Å². The smallest absolute Gasteiger partial charge is 0.0641 e. The van der Waals surface area contributed by atoms with Gasteiger partial charge in [-0.2, -0.15) is 5.10 Å². The van der Waals surface area contributed by atoms with Crippen molar-refractivity contribution in [3.05, 3.63) is 17.0 Å². The Morgan fingerprint density at radius 3 is 2.79 bits per heavy atom. The zero-order valence-corrected chi connectivity index (χ0v) is 11.8. The molecule has 0 aromatic carbocycles. The van der Waals surface area contributed by atoms with Crippen molar-refractivity contribution in [3.63, 3.8) is 0 Å². The second-order valence-electron chi connectivity index (χ2n) is 6.13. The Labute approximate surface area is 113 Å². The van der Waals surface area contributed by atoms with E-state index >= 15 is 0 Å². The van der Waals surface area contributed by atoms with E-state index in [1.54, 1.807) is 0 Å². The third-order valence-corrected chi connectivity index (χ3v) is 4.57. The second-order valence-corrected chi connectivity index (χ2v) is 6.13. The molecule has 0 bridgehead atoms. The highest BCUT2D eigenvalue weighted by Crippen LogP contribution is 2.38. The Kier molecular flexibility index (Phi) is 3.37. The molecule has 19 heavy (non-hydrogen) atoms. The van der Waals surface area contributed by atoms with Crippen LogP contribution in [0.3, 0.4) is 0 Å². The van der Waals surface area contributed by atoms with Crippen LogP contribution in [0.1, 0.15) is 35.8 Å². The van der Waals surface area contributed by atoms with Gasteiger partial charge in [0.1, 0.15) is 0 Å². The summed E-state index contributed by atoms with van der Waals surface area (Å²) in [5, 5.41) is 17.0. The topological polar surface area (TPSA) is 61.4 Å². The maximum atomic E-state index is 9.60. The van der Waals surface area contributed by atoms with Gasteiger partial charge in [-0.1, -0.05) is 0 Å². The van der Waals surface area contributed by atoms with Crippen molar-refractivity contribution < 1.29 is 9.84 Å². The number of nitrogens with zero attached hydrogens (tertiary/aromatic N) is 2. The van der Waals surface area contributed by atoms with Crippen molar-refractivity contribution in [3.8, 4) is 0 Å². The molecule has 0 aliphatic carbocycles. The minimum atomic E-state index is -0.0336. The van der Waals surface area contributed by atoms with Crippen molar-refractivity contribution in [2.24, 2.45) is 5.41 Å². The summed E-state index contributed by atoms with van der Waals surface area (Å²) < 4.78 is 5.31. The van der Waals surface area contributed by atoms with Gasteiger partial charge in [-0.15, -0.1) is 0 Å². The molecule has 2 aliphatic rings. The first-order valence-corrected chi connectivity index (χ1v) is 7.09. The van der Waals surface area contributed by atoms with Crippen LogP contribution in [0.25, 0.3) is 0 Å². The van der Waals surface area contributed by atoms with Gasteiger partial charge < -0.3 is 9.84 Å². The van der Waals surface area contributed by atoms with Crippen LogP contribution in [0, 0.1) is 19.3 Å². The van der Waals surface area contributed by atoms with Gasteiger partial charge in [-0.05, 0) is 33.2 Å². The number of hydrogen-bond acceptors (Lipinski definition) is 4. The summed E-state index contributed by atoms with van der Waals surface area (Å²) in [5.41, 5.74) is 3.61. The van der Waals surface area contributed by atoms with Gasteiger partial charge in [-0.3, -0.25) is 10.00 Å². The number of H-pyrrole nitrogens is 1. The predicted molar refractivity (Wildman–Crippen MR) is 71.9 cm³/mol. The summed E-state index contributed by atoms with van der Waals surface area (Å²) >= 11 is 0. The van der Waals surface area contributed by atoms with Crippen LogP contribution in [-0.4, -0.2) is 53.1 Å². The fraction of sp³-hybridized carbons (Fsp3) is 0.786. The molecule has 0 spiro atoms. The molecule has 2 saturated heterocycles. The van der Waals surface area contributed by atoms with Crippen LogP contribution < -0.4 is 0 Å². The predicted octanol–water partition coefficient (Wildman–Crippen LogP) is 1.17. The number of aromatic amines is 1. The van der Waals surface area contributed by atoms with E-state index in [0.29, 0.717) is 19.3 Å². The third kappa shape index (κ3) is 2.20. The molecule has 2 fully saturated rings. The van der Waals surface area contributed by atoms with Gasteiger partial charge in [0.05, 0.1) is 30.9 Å². The minimum absolute atomic E-state index is 0.0336. The molecule has 2 N–H and O–H groups in total. The summed E-state index contributed by atoms with van der Waals surface area (Å²) in [6, 6.07) is 0.447. The molecule has 0 saturated carbocycles. The normalized spacial score (nSPS) is 26.6. The molecule has 3 heterocycles. The lowest BCUT2D eigenvalue weighted by Gasteiger charge is -2.43. The van der Waals surface area contributed by atoms with E-state index in [0.717, 1.165) is 18.8 Å². The highest BCUT2D eigenvalue weighted by Gasteiger charge is 2.42. The Balaban J connectivity index is 1.78. The van der Waals surface area contributed by atoms with Crippen LogP contribution in [0.5, 0.6) is 0 Å². The molecule has 5 heteroatoms. The van der Waals surface area contributed by atoms with E-state index in [1.165, 1.54) is 24.1 Å². The molecule has 1 unspecified atom stereocenters. The van der Waals surface area contributed by atoms with E-state index in [2.05, 4.69) is 28.9 Å². The lowest BCUT2D eigenvalue weighted by molar-refractivity contribution is -0.149. The first-order chi connectivity index (χ1) is 9.15. The standard InChI is InChI=1S/C14H23N3O2/c1-10-13(11(2)16-15-10)12-4-3-5-17(12)6-14(7-18)8-19-9-14/h12,18H,3-9H2,1-2H3,(H,15,16). The summed E-state index contributed by atoms with van der Waals surface area (Å²) in [4.78, 5) is 2.50. The zero-order valence-electron chi connectivity index (χ0n) is 11.8. The Hall–Kier alpha value is -0.910. The van der Waals surface area contributed by atoms with Crippen molar-refractivity contribution in [1.82, 2.24) is 15.1 Å². The molecule has 5 nitrogen and oxygen atoms in total. The number of aromatic nitrogens is 2. The minimum Gasteiger partial charge on any atom is -0.396 e. The van der Waals surface area contributed by atoms with Gasteiger partial charge in [0.25, 0.3) is 0 Å². The molecule has 2 aliphatic heterocycles. The molecule has 0 radical (unpaired) electrons. The maximum absolute atomic E-state index is 9.60. The molecule has 1 atom stereocenters. The van der Waals surface area contributed by atoms with Crippen LogP contribution in [0.4, 0.5) is 0 Å². The van der Waals surface area contributed by atoms with Crippen molar-refractivity contribution in [1.29, 1.82) is 0 Å². The SMILES string of the molecule is Cc1n[nH]c(C)c1C1CCCN1CC1(CO)COC1. The summed E-state index contributed by atoms with van der Waals surface area (Å²) in [5.74, 6) is 0. The quantitative estimate of drug-likeness (QED) is 0.858. The molecule has 106 valence electrons. The first kappa shape index (κ1) is 13.1. The van der Waals surface area contributed by atoms with Gasteiger partial charge in [0.2, 0.25) is 0 Å². The fourth-order valence-electron chi connectivity index (χ4n) is 3.45. The van der Waals surface area contributed by atoms with Gasteiger partial charge >= 0.3 is 0 Å². The van der Waals surface area contributed by atoms with E-state index < -0.39 is 0 Å². The fourth-order valence-corrected chi connectivity index (χ4v) is 3.45. The molecule has 1 aromatic rings. The summed E-state index contributed by atoms with van der Waals surface area (Å²) in [6.45, 7) is 7.81. The van der Waals surface area contributed by atoms with E-state index in [-0.39, 0.29) is 12.0 Å². The van der Waals surface area contributed by atoms with Crippen molar-refractivity contribution in [2.45, 2.75) is 32.7 Å². The number of nitrogens with one attached hydrogen (secondary N) is 1. The number of aliphatic hydroxyl groups is 1. The lowest BCUT2D eigenvalue weighted by atomic mass is 9.86. The molecule has 1 aromatic heterocycles. The molecule has 3 rings (SSSR count). The first-order valence-electron chi connectivity index (χ1n) is 7.09. The Bertz CT molecular complexity index is 429. The summed E-state index contributed by atoms with van der Waals surface area (Å²) in [7, 11) is 0. The monoisotopic (exact) mass is 265 g/mol. The van der Waals surface area contributed by atoms with Crippen LogP contribution in [0.15, 0.2) is 0 Å².